The van der Waals surface area contributed by atoms with Gasteiger partial charge in [0.2, 0.25) is 0 Å². The van der Waals surface area contributed by atoms with Crippen molar-refractivity contribution in [3.63, 3.8) is 0 Å². The van der Waals surface area contributed by atoms with Crippen LogP contribution in [0.25, 0.3) is 0 Å². The molecule has 3 N–H and O–H groups in total. The van der Waals surface area contributed by atoms with Crippen LogP contribution in [0, 0.1) is 5.92 Å². The molecule has 1 aromatic rings. The third-order valence-electron chi connectivity index (χ3n) is 3.76. The highest BCUT2D eigenvalue weighted by molar-refractivity contribution is 5.92. The quantitative estimate of drug-likeness (QED) is 0.871. The van der Waals surface area contributed by atoms with E-state index in [4.69, 9.17) is 5.73 Å². The monoisotopic (exact) mass is 262 g/mol. The van der Waals surface area contributed by atoms with E-state index in [-0.39, 0.29) is 17.8 Å². The second-order valence-corrected chi connectivity index (χ2v) is 5.31. The number of amides is 1. The zero-order chi connectivity index (χ0) is 13.7. The van der Waals surface area contributed by atoms with Crippen molar-refractivity contribution in [3.05, 3.63) is 18.1 Å². The highest BCUT2D eigenvalue weighted by Crippen LogP contribution is 2.27. The van der Waals surface area contributed by atoms with E-state index in [0.29, 0.717) is 5.69 Å². The molecule has 1 amide bonds. The number of aromatic nitrogens is 2. The number of nitrogens with zero attached hydrogens (tertiary/aromatic N) is 2. The minimum Gasteiger partial charge on any atom is -0.382 e. The molecule has 0 aromatic carbocycles. The summed E-state index contributed by atoms with van der Waals surface area (Å²) < 4.78 is 0. The smallest absolute Gasteiger partial charge is 0.271 e. The molecule has 0 bridgehead atoms. The molecule has 1 aliphatic carbocycles. The van der Waals surface area contributed by atoms with Crippen molar-refractivity contribution in [2.45, 2.75) is 51.5 Å². The summed E-state index contributed by atoms with van der Waals surface area (Å²) >= 11 is 0. The van der Waals surface area contributed by atoms with Crippen LogP contribution < -0.4 is 11.1 Å². The van der Waals surface area contributed by atoms with Gasteiger partial charge in [-0.25, -0.2) is 4.98 Å². The summed E-state index contributed by atoms with van der Waals surface area (Å²) in [6.45, 7) is 2.23. The van der Waals surface area contributed by atoms with Crippen molar-refractivity contribution < 1.29 is 4.79 Å². The first-order chi connectivity index (χ1) is 9.19. The second kappa shape index (κ2) is 6.50. The maximum atomic E-state index is 12.0. The number of anilines is 1. The molecule has 1 heterocycles. The van der Waals surface area contributed by atoms with Crippen LogP contribution >= 0.6 is 0 Å². The molecular formula is C14H22N4O. The summed E-state index contributed by atoms with van der Waals surface area (Å²) in [4.78, 5) is 19.9. The minimum absolute atomic E-state index is 0.168. The standard InChI is InChI=1S/C14H22N4O/c1-2-3-10-4-6-11(7-5-10)17-14(19)12-8-16-9-13(15)18-12/h8-11H,2-7H2,1H3,(H2,15,18)(H,17,19). The second-order valence-electron chi connectivity index (χ2n) is 5.31. The first kappa shape index (κ1) is 13.8. The average molecular weight is 262 g/mol. The summed E-state index contributed by atoms with van der Waals surface area (Å²) in [6, 6.07) is 0.267. The Morgan fingerprint density at radius 3 is 2.74 bits per heavy atom. The Hall–Kier alpha value is -1.65. The molecule has 0 radical (unpaired) electrons. The maximum absolute atomic E-state index is 12.0. The SMILES string of the molecule is CCCC1CCC(NC(=O)c2cncc(N)n2)CC1. The predicted molar refractivity (Wildman–Crippen MR) is 74.6 cm³/mol. The molecule has 0 spiro atoms. The topological polar surface area (TPSA) is 80.9 Å². The molecule has 5 nitrogen and oxygen atoms in total. The van der Waals surface area contributed by atoms with Gasteiger partial charge in [0.15, 0.2) is 0 Å². The summed E-state index contributed by atoms with van der Waals surface area (Å²) in [6.07, 6.45) is 9.99. The zero-order valence-corrected chi connectivity index (χ0v) is 11.4. The Bertz CT molecular complexity index is 427. The first-order valence-electron chi connectivity index (χ1n) is 7.07. The van der Waals surface area contributed by atoms with Gasteiger partial charge in [-0.05, 0) is 31.6 Å². The summed E-state index contributed by atoms with van der Waals surface area (Å²) in [5.41, 5.74) is 5.83. The van der Waals surface area contributed by atoms with Gasteiger partial charge >= 0.3 is 0 Å². The number of hydrogen-bond acceptors (Lipinski definition) is 4. The fourth-order valence-electron chi connectivity index (χ4n) is 2.75. The maximum Gasteiger partial charge on any atom is 0.271 e. The molecule has 1 aromatic heterocycles. The number of hydrogen-bond donors (Lipinski definition) is 2. The minimum atomic E-state index is -0.168. The lowest BCUT2D eigenvalue weighted by Gasteiger charge is -2.28. The van der Waals surface area contributed by atoms with E-state index in [1.807, 2.05) is 0 Å². The fourth-order valence-corrected chi connectivity index (χ4v) is 2.75. The van der Waals surface area contributed by atoms with Crippen LogP contribution in [0.2, 0.25) is 0 Å². The van der Waals surface area contributed by atoms with Gasteiger partial charge in [-0.2, -0.15) is 0 Å². The van der Waals surface area contributed by atoms with Crippen molar-refractivity contribution in [2.24, 2.45) is 5.92 Å². The van der Waals surface area contributed by atoms with Gasteiger partial charge in [0.05, 0.1) is 12.4 Å². The Kier molecular flexibility index (Phi) is 4.71. The van der Waals surface area contributed by atoms with Crippen LogP contribution in [0.15, 0.2) is 12.4 Å². The Labute approximate surface area is 114 Å². The van der Waals surface area contributed by atoms with E-state index in [9.17, 15) is 4.79 Å². The Morgan fingerprint density at radius 1 is 1.37 bits per heavy atom. The molecule has 0 saturated heterocycles. The van der Waals surface area contributed by atoms with Crippen LogP contribution in [0.5, 0.6) is 0 Å². The number of nitrogens with one attached hydrogen (secondary N) is 1. The third kappa shape index (κ3) is 3.91. The summed E-state index contributed by atoms with van der Waals surface area (Å²) in [5.74, 6) is 0.948. The van der Waals surface area contributed by atoms with Gasteiger partial charge < -0.3 is 11.1 Å². The average Bonchev–Trinajstić information content (AvgIpc) is 2.41. The molecule has 0 unspecified atom stereocenters. The van der Waals surface area contributed by atoms with Crippen LogP contribution in [0.3, 0.4) is 0 Å². The molecular weight excluding hydrogens is 240 g/mol. The first-order valence-corrected chi connectivity index (χ1v) is 7.07. The zero-order valence-electron chi connectivity index (χ0n) is 11.4. The molecule has 1 fully saturated rings. The fraction of sp³-hybridized carbons (Fsp3) is 0.643. The van der Waals surface area contributed by atoms with Crippen molar-refractivity contribution in [1.82, 2.24) is 15.3 Å². The van der Waals surface area contributed by atoms with E-state index in [1.54, 1.807) is 0 Å². The number of rotatable bonds is 4. The van der Waals surface area contributed by atoms with Crippen LogP contribution in [0.1, 0.15) is 55.9 Å². The van der Waals surface area contributed by atoms with E-state index in [2.05, 4.69) is 22.2 Å². The van der Waals surface area contributed by atoms with E-state index >= 15 is 0 Å². The molecule has 1 aliphatic rings. The number of carbonyl (C=O) groups is 1. The van der Waals surface area contributed by atoms with E-state index in [0.717, 1.165) is 18.8 Å². The number of carbonyl (C=O) groups excluding carboxylic acids is 1. The highest BCUT2D eigenvalue weighted by atomic mass is 16.1. The van der Waals surface area contributed by atoms with Gasteiger partial charge in [0, 0.05) is 6.04 Å². The third-order valence-corrected chi connectivity index (χ3v) is 3.76. The van der Waals surface area contributed by atoms with Crippen molar-refractivity contribution in [1.29, 1.82) is 0 Å². The van der Waals surface area contributed by atoms with Crippen molar-refractivity contribution in [3.8, 4) is 0 Å². The lowest BCUT2D eigenvalue weighted by Crippen LogP contribution is -2.38. The van der Waals surface area contributed by atoms with E-state index in [1.165, 1.54) is 38.1 Å². The van der Waals surface area contributed by atoms with Crippen molar-refractivity contribution >= 4 is 11.7 Å². The van der Waals surface area contributed by atoms with Crippen molar-refractivity contribution in [2.75, 3.05) is 5.73 Å². The highest BCUT2D eigenvalue weighted by Gasteiger charge is 2.22. The van der Waals surface area contributed by atoms with Gasteiger partial charge in [0.1, 0.15) is 11.5 Å². The van der Waals surface area contributed by atoms with Gasteiger partial charge in [0.25, 0.3) is 5.91 Å². The Morgan fingerprint density at radius 2 is 2.11 bits per heavy atom. The molecule has 19 heavy (non-hydrogen) atoms. The molecule has 2 rings (SSSR count). The van der Waals surface area contributed by atoms with Crippen LogP contribution in [-0.4, -0.2) is 21.9 Å². The lowest BCUT2D eigenvalue weighted by atomic mass is 9.83. The summed E-state index contributed by atoms with van der Waals surface area (Å²) in [5, 5.41) is 3.03. The number of nitrogens with two attached hydrogens (primary N) is 1. The number of nitrogen functional groups attached to an aromatic ring is 1. The summed E-state index contributed by atoms with van der Waals surface area (Å²) in [7, 11) is 0. The largest absolute Gasteiger partial charge is 0.382 e. The van der Waals surface area contributed by atoms with E-state index < -0.39 is 0 Å². The molecule has 104 valence electrons. The predicted octanol–water partition coefficient (Wildman–Crippen LogP) is 2.15. The van der Waals surface area contributed by atoms with Crippen LogP contribution in [0.4, 0.5) is 5.82 Å². The van der Waals surface area contributed by atoms with Gasteiger partial charge in [-0.15, -0.1) is 0 Å². The molecule has 0 atom stereocenters. The van der Waals surface area contributed by atoms with Gasteiger partial charge in [-0.3, -0.25) is 9.78 Å². The Balaban J connectivity index is 1.84. The van der Waals surface area contributed by atoms with Crippen LogP contribution in [-0.2, 0) is 0 Å². The normalized spacial score (nSPS) is 23.0. The van der Waals surface area contributed by atoms with Gasteiger partial charge in [-0.1, -0.05) is 19.8 Å². The molecule has 5 heteroatoms. The molecule has 1 saturated carbocycles. The lowest BCUT2D eigenvalue weighted by molar-refractivity contribution is 0.0915. The molecule has 0 aliphatic heterocycles.